The van der Waals surface area contributed by atoms with Crippen molar-refractivity contribution in [2.24, 2.45) is 0 Å². The van der Waals surface area contributed by atoms with E-state index in [0.29, 0.717) is 12.8 Å². The van der Waals surface area contributed by atoms with Crippen LogP contribution in [0, 0.1) is 0 Å². The first-order chi connectivity index (χ1) is 13.6. The van der Waals surface area contributed by atoms with Crippen LogP contribution in [0.4, 0.5) is 0 Å². The van der Waals surface area contributed by atoms with Crippen molar-refractivity contribution < 1.29 is 9.59 Å². The van der Waals surface area contributed by atoms with E-state index in [1.165, 1.54) is 11.1 Å². The molecule has 2 aliphatic rings. The first-order valence-corrected chi connectivity index (χ1v) is 10.3. The molecule has 0 aromatic heterocycles. The molecule has 1 aliphatic carbocycles. The Morgan fingerprint density at radius 3 is 2.43 bits per heavy atom. The van der Waals surface area contributed by atoms with Crippen LogP contribution in [0.1, 0.15) is 55.6 Å². The third-order valence-electron chi connectivity index (χ3n) is 6.36. The van der Waals surface area contributed by atoms with E-state index in [2.05, 4.69) is 47.0 Å². The maximum absolute atomic E-state index is 12.5. The third-order valence-corrected chi connectivity index (χ3v) is 6.36. The Morgan fingerprint density at radius 1 is 1.04 bits per heavy atom. The highest BCUT2D eigenvalue weighted by Crippen LogP contribution is 2.45. The van der Waals surface area contributed by atoms with Gasteiger partial charge in [-0.25, -0.2) is 0 Å². The molecule has 2 aromatic carbocycles. The lowest BCUT2D eigenvalue weighted by Gasteiger charge is -2.45. The van der Waals surface area contributed by atoms with Gasteiger partial charge in [0, 0.05) is 30.3 Å². The Hall–Kier alpha value is -2.62. The van der Waals surface area contributed by atoms with Crippen LogP contribution in [0.5, 0.6) is 0 Å². The highest BCUT2D eigenvalue weighted by Gasteiger charge is 2.48. The van der Waals surface area contributed by atoms with Gasteiger partial charge < -0.3 is 10.6 Å². The van der Waals surface area contributed by atoms with Gasteiger partial charge in [-0.2, -0.15) is 0 Å². The zero-order chi connectivity index (χ0) is 19.4. The molecule has 2 aromatic rings. The highest BCUT2D eigenvalue weighted by molar-refractivity contribution is 5.80. The van der Waals surface area contributed by atoms with Gasteiger partial charge in [0.25, 0.3) is 0 Å². The summed E-state index contributed by atoms with van der Waals surface area (Å²) in [5.74, 6) is 0.520. The summed E-state index contributed by atoms with van der Waals surface area (Å²) in [7, 11) is 0. The summed E-state index contributed by atoms with van der Waals surface area (Å²) in [5, 5.41) is 6.54. The standard InChI is InChI=1S/C24H28N2O2/c27-22(12-11-18-7-3-1-4-8-18)25-20-13-15-24(16-14-23(28)26-24)21(17-20)19-9-5-2-6-10-19/h1-10,20-21H,11-17H2,(H,25,27)(H,26,28)/t20-,21+,24-/m0/s1. The van der Waals surface area contributed by atoms with Crippen molar-refractivity contribution in [1.29, 1.82) is 0 Å². The van der Waals surface area contributed by atoms with Crippen LogP contribution in [0.15, 0.2) is 60.7 Å². The van der Waals surface area contributed by atoms with Crippen LogP contribution in [-0.4, -0.2) is 23.4 Å². The lowest BCUT2D eigenvalue weighted by molar-refractivity contribution is -0.123. The highest BCUT2D eigenvalue weighted by atomic mass is 16.2. The molecule has 4 rings (SSSR count). The number of carbonyl (C=O) groups excluding carboxylic acids is 2. The molecule has 1 aliphatic heterocycles. The van der Waals surface area contributed by atoms with E-state index in [1.807, 2.05) is 24.3 Å². The van der Waals surface area contributed by atoms with Gasteiger partial charge in [-0.15, -0.1) is 0 Å². The Morgan fingerprint density at radius 2 is 1.75 bits per heavy atom. The van der Waals surface area contributed by atoms with E-state index in [1.54, 1.807) is 0 Å². The average molecular weight is 377 g/mol. The molecule has 0 unspecified atom stereocenters. The number of aryl methyl sites for hydroxylation is 1. The molecule has 0 bridgehead atoms. The van der Waals surface area contributed by atoms with Gasteiger partial charge in [0.2, 0.25) is 11.8 Å². The second-order valence-electron chi connectivity index (χ2n) is 8.19. The Kier molecular flexibility index (Phi) is 5.47. The molecule has 28 heavy (non-hydrogen) atoms. The minimum Gasteiger partial charge on any atom is -0.353 e. The molecule has 4 nitrogen and oxygen atoms in total. The van der Waals surface area contributed by atoms with Crippen molar-refractivity contribution in [1.82, 2.24) is 10.6 Å². The van der Waals surface area contributed by atoms with Crippen LogP contribution in [0.2, 0.25) is 0 Å². The van der Waals surface area contributed by atoms with Crippen molar-refractivity contribution >= 4 is 11.8 Å². The number of rotatable bonds is 5. The Balaban J connectivity index is 1.41. The molecule has 146 valence electrons. The summed E-state index contributed by atoms with van der Waals surface area (Å²) < 4.78 is 0. The summed E-state index contributed by atoms with van der Waals surface area (Å²) in [6.45, 7) is 0. The van der Waals surface area contributed by atoms with E-state index in [9.17, 15) is 9.59 Å². The van der Waals surface area contributed by atoms with E-state index >= 15 is 0 Å². The van der Waals surface area contributed by atoms with Crippen LogP contribution in [0.25, 0.3) is 0 Å². The molecule has 1 saturated carbocycles. The molecular formula is C24H28N2O2. The molecule has 2 N–H and O–H groups in total. The molecule has 0 radical (unpaired) electrons. The third kappa shape index (κ3) is 4.11. The second-order valence-corrected chi connectivity index (χ2v) is 8.19. The monoisotopic (exact) mass is 376 g/mol. The van der Waals surface area contributed by atoms with Gasteiger partial charge >= 0.3 is 0 Å². The Labute approximate surface area is 166 Å². The topological polar surface area (TPSA) is 58.2 Å². The quantitative estimate of drug-likeness (QED) is 0.836. The number of benzene rings is 2. The van der Waals surface area contributed by atoms with Crippen molar-refractivity contribution in [2.45, 2.75) is 62.4 Å². The van der Waals surface area contributed by atoms with Gasteiger partial charge in [0.1, 0.15) is 0 Å². The molecular weight excluding hydrogens is 348 g/mol. The number of hydrogen-bond donors (Lipinski definition) is 2. The van der Waals surface area contributed by atoms with E-state index in [-0.39, 0.29) is 29.3 Å². The predicted molar refractivity (Wildman–Crippen MR) is 110 cm³/mol. The smallest absolute Gasteiger partial charge is 0.220 e. The number of carbonyl (C=O) groups is 2. The number of nitrogens with one attached hydrogen (secondary N) is 2. The predicted octanol–water partition coefficient (Wildman–Crippen LogP) is 3.72. The first-order valence-electron chi connectivity index (χ1n) is 10.3. The molecule has 3 atom stereocenters. The molecule has 1 heterocycles. The van der Waals surface area contributed by atoms with Gasteiger partial charge in [-0.3, -0.25) is 9.59 Å². The minimum absolute atomic E-state index is 0.118. The van der Waals surface area contributed by atoms with Gasteiger partial charge in [0.15, 0.2) is 0 Å². The number of hydrogen-bond acceptors (Lipinski definition) is 2. The van der Waals surface area contributed by atoms with E-state index in [4.69, 9.17) is 0 Å². The molecule has 2 amide bonds. The van der Waals surface area contributed by atoms with Crippen molar-refractivity contribution in [3.63, 3.8) is 0 Å². The zero-order valence-electron chi connectivity index (χ0n) is 16.2. The van der Waals surface area contributed by atoms with Crippen LogP contribution in [0.3, 0.4) is 0 Å². The molecule has 2 fully saturated rings. The molecule has 4 heteroatoms. The van der Waals surface area contributed by atoms with Gasteiger partial charge in [-0.05, 0) is 43.2 Å². The van der Waals surface area contributed by atoms with Crippen LogP contribution >= 0.6 is 0 Å². The molecule has 1 spiro atoms. The fraction of sp³-hybridized carbons (Fsp3) is 0.417. The lowest BCUT2D eigenvalue weighted by Crippen LogP contribution is -2.53. The van der Waals surface area contributed by atoms with Gasteiger partial charge in [-0.1, -0.05) is 60.7 Å². The summed E-state index contributed by atoms with van der Waals surface area (Å²) in [4.78, 5) is 24.5. The first kappa shape index (κ1) is 18.7. The minimum atomic E-state index is -0.149. The fourth-order valence-electron chi connectivity index (χ4n) is 4.90. The lowest BCUT2D eigenvalue weighted by atomic mass is 9.67. The molecule has 1 saturated heterocycles. The summed E-state index contributed by atoms with van der Waals surface area (Å²) in [6.07, 6.45) is 5.49. The summed E-state index contributed by atoms with van der Waals surface area (Å²) in [6, 6.07) is 20.7. The zero-order valence-corrected chi connectivity index (χ0v) is 16.2. The van der Waals surface area contributed by atoms with E-state index < -0.39 is 0 Å². The number of amides is 2. The van der Waals surface area contributed by atoms with E-state index in [0.717, 1.165) is 32.1 Å². The average Bonchev–Trinajstić information content (AvgIpc) is 3.10. The SMILES string of the molecule is O=C(CCc1ccccc1)N[C@H]1CC[C@]2(CCC(=O)N2)[C@@H](c2ccccc2)C1. The fourth-order valence-corrected chi connectivity index (χ4v) is 4.90. The van der Waals surface area contributed by atoms with Crippen molar-refractivity contribution in [2.75, 3.05) is 0 Å². The van der Waals surface area contributed by atoms with Crippen molar-refractivity contribution in [3.8, 4) is 0 Å². The van der Waals surface area contributed by atoms with Crippen LogP contribution < -0.4 is 10.6 Å². The summed E-state index contributed by atoms with van der Waals surface area (Å²) in [5.41, 5.74) is 2.30. The normalized spacial score (nSPS) is 26.8. The van der Waals surface area contributed by atoms with Crippen molar-refractivity contribution in [3.05, 3.63) is 71.8 Å². The maximum atomic E-state index is 12.5. The largest absolute Gasteiger partial charge is 0.353 e. The summed E-state index contributed by atoms with van der Waals surface area (Å²) >= 11 is 0. The van der Waals surface area contributed by atoms with Crippen LogP contribution in [-0.2, 0) is 16.0 Å². The maximum Gasteiger partial charge on any atom is 0.220 e. The Bertz CT molecular complexity index is 821. The second kappa shape index (κ2) is 8.17. The van der Waals surface area contributed by atoms with Gasteiger partial charge in [0.05, 0.1) is 0 Å².